The number of halogens is 3. The summed E-state index contributed by atoms with van der Waals surface area (Å²) in [5, 5.41) is 4.93. The summed E-state index contributed by atoms with van der Waals surface area (Å²) in [4.78, 5) is 23.5. The lowest BCUT2D eigenvalue weighted by Gasteiger charge is -2.10. The minimum atomic E-state index is -1.70. The van der Waals surface area contributed by atoms with Gasteiger partial charge in [-0.15, -0.1) is 0 Å². The lowest BCUT2D eigenvalue weighted by Crippen LogP contribution is -2.35. The Morgan fingerprint density at radius 3 is 2.43 bits per heavy atom. The number of rotatable bonds is 9. The minimum Gasteiger partial charge on any atom is -0.493 e. The largest absolute Gasteiger partial charge is 0.493 e. The van der Waals surface area contributed by atoms with Crippen LogP contribution in [-0.4, -0.2) is 31.5 Å². The van der Waals surface area contributed by atoms with Crippen LogP contribution in [0.5, 0.6) is 5.75 Å². The lowest BCUT2D eigenvalue weighted by molar-refractivity contribution is -0.121. The number of para-hydroxylation sites is 1. The first kappa shape index (κ1) is 21.3. The van der Waals surface area contributed by atoms with Gasteiger partial charge in [0.2, 0.25) is 5.91 Å². The summed E-state index contributed by atoms with van der Waals surface area (Å²) in [5.74, 6) is -4.95. The van der Waals surface area contributed by atoms with Crippen molar-refractivity contribution in [2.75, 3.05) is 19.7 Å². The molecule has 0 aliphatic carbocycles. The van der Waals surface area contributed by atoms with Gasteiger partial charge in [-0.05, 0) is 37.1 Å². The second-order valence-corrected chi connectivity index (χ2v) is 6.05. The quantitative estimate of drug-likeness (QED) is 0.507. The van der Waals surface area contributed by atoms with E-state index in [9.17, 15) is 22.8 Å². The van der Waals surface area contributed by atoms with Gasteiger partial charge in [-0.2, -0.15) is 0 Å². The van der Waals surface area contributed by atoms with Gasteiger partial charge in [-0.1, -0.05) is 18.2 Å². The van der Waals surface area contributed by atoms with Gasteiger partial charge in [-0.25, -0.2) is 13.2 Å². The Labute approximate surface area is 160 Å². The second kappa shape index (κ2) is 10.3. The fourth-order valence-corrected chi connectivity index (χ4v) is 2.40. The molecule has 150 valence electrons. The molecule has 0 atom stereocenters. The number of hydrogen-bond acceptors (Lipinski definition) is 3. The summed E-state index contributed by atoms with van der Waals surface area (Å²) in [5.41, 5.74) is 0.416. The number of aryl methyl sites for hydroxylation is 1. The van der Waals surface area contributed by atoms with E-state index in [2.05, 4.69) is 10.6 Å². The number of benzene rings is 2. The minimum absolute atomic E-state index is 0.0166. The molecule has 28 heavy (non-hydrogen) atoms. The Bertz CT molecular complexity index is 843. The van der Waals surface area contributed by atoms with Crippen molar-refractivity contribution >= 4 is 11.8 Å². The Balaban J connectivity index is 1.63. The molecule has 8 heteroatoms. The molecule has 2 aromatic rings. The van der Waals surface area contributed by atoms with Crippen LogP contribution in [0.4, 0.5) is 13.2 Å². The molecule has 0 saturated heterocycles. The SMILES string of the molecule is Cc1ccccc1OCCCC(=O)NCCNC(=O)c1ccc(F)c(F)c1F. The molecule has 0 radical (unpaired) electrons. The van der Waals surface area contributed by atoms with Gasteiger partial charge >= 0.3 is 0 Å². The molecule has 2 amide bonds. The first-order valence-electron chi connectivity index (χ1n) is 8.77. The molecule has 0 aliphatic rings. The second-order valence-electron chi connectivity index (χ2n) is 6.05. The Kier molecular flexibility index (Phi) is 7.86. The van der Waals surface area contributed by atoms with Crippen LogP contribution in [0.25, 0.3) is 0 Å². The zero-order valence-electron chi connectivity index (χ0n) is 15.4. The van der Waals surface area contributed by atoms with Crippen LogP contribution in [0.1, 0.15) is 28.8 Å². The van der Waals surface area contributed by atoms with Crippen LogP contribution in [-0.2, 0) is 4.79 Å². The predicted molar refractivity (Wildman–Crippen MR) is 97.6 cm³/mol. The van der Waals surface area contributed by atoms with E-state index in [4.69, 9.17) is 4.74 Å². The number of amides is 2. The first-order chi connectivity index (χ1) is 13.4. The number of carbonyl (C=O) groups is 2. The Morgan fingerprint density at radius 2 is 1.68 bits per heavy atom. The van der Waals surface area contributed by atoms with Crippen molar-refractivity contribution < 1.29 is 27.5 Å². The fourth-order valence-electron chi connectivity index (χ4n) is 2.40. The standard InChI is InChI=1S/C20H21F3N2O3/c1-13-5-2-3-6-16(13)28-12-4-7-17(26)24-10-11-25-20(27)14-8-9-15(21)19(23)18(14)22/h2-3,5-6,8-9H,4,7,10-12H2,1H3,(H,24,26)(H,25,27). The molecule has 0 bridgehead atoms. The van der Waals surface area contributed by atoms with Crippen molar-refractivity contribution in [3.8, 4) is 5.75 Å². The molecule has 0 heterocycles. The number of nitrogens with one attached hydrogen (secondary N) is 2. The van der Waals surface area contributed by atoms with Crippen LogP contribution < -0.4 is 15.4 Å². The highest BCUT2D eigenvalue weighted by atomic mass is 19.2. The molecule has 0 spiro atoms. The Hall–Kier alpha value is -3.03. The highest BCUT2D eigenvalue weighted by molar-refractivity contribution is 5.94. The van der Waals surface area contributed by atoms with Gasteiger partial charge in [0, 0.05) is 19.5 Å². The molecule has 2 aromatic carbocycles. The van der Waals surface area contributed by atoms with E-state index in [-0.39, 0.29) is 25.4 Å². The molecule has 0 fully saturated rings. The maximum atomic E-state index is 13.5. The molecule has 2 rings (SSSR count). The Morgan fingerprint density at radius 1 is 0.964 bits per heavy atom. The van der Waals surface area contributed by atoms with Gasteiger partial charge in [0.1, 0.15) is 5.75 Å². The maximum absolute atomic E-state index is 13.5. The third kappa shape index (κ3) is 6.00. The molecule has 5 nitrogen and oxygen atoms in total. The maximum Gasteiger partial charge on any atom is 0.254 e. The molecule has 2 N–H and O–H groups in total. The highest BCUT2D eigenvalue weighted by Crippen LogP contribution is 2.16. The van der Waals surface area contributed by atoms with Crippen molar-refractivity contribution in [2.24, 2.45) is 0 Å². The van der Waals surface area contributed by atoms with Crippen LogP contribution in [0.3, 0.4) is 0 Å². The molecule has 0 aromatic heterocycles. The van der Waals surface area contributed by atoms with E-state index in [1.54, 1.807) is 0 Å². The van der Waals surface area contributed by atoms with Gasteiger partial charge < -0.3 is 15.4 Å². The van der Waals surface area contributed by atoms with Crippen molar-refractivity contribution in [3.05, 3.63) is 65.0 Å². The summed E-state index contributed by atoms with van der Waals surface area (Å²) >= 11 is 0. The molecule has 0 unspecified atom stereocenters. The van der Waals surface area contributed by atoms with E-state index in [0.717, 1.165) is 17.4 Å². The van der Waals surface area contributed by atoms with Crippen molar-refractivity contribution in [1.82, 2.24) is 10.6 Å². The zero-order chi connectivity index (χ0) is 20.5. The van der Waals surface area contributed by atoms with Gasteiger partial charge in [0.05, 0.1) is 12.2 Å². The number of carbonyl (C=O) groups excluding carboxylic acids is 2. The van der Waals surface area contributed by atoms with Crippen LogP contribution in [0.15, 0.2) is 36.4 Å². The monoisotopic (exact) mass is 394 g/mol. The summed E-state index contributed by atoms with van der Waals surface area (Å²) in [7, 11) is 0. The predicted octanol–water partition coefficient (Wildman–Crippen LogP) is 3.12. The molecule has 0 saturated carbocycles. The number of ether oxygens (including phenoxy) is 1. The average Bonchev–Trinajstić information content (AvgIpc) is 2.68. The van der Waals surface area contributed by atoms with E-state index in [0.29, 0.717) is 19.1 Å². The fraction of sp³-hybridized carbons (Fsp3) is 0.300. The van der Waals surface area contributed by atoms with E-state index >= 15 is 0 Å². The van der Waals surface area contributed by atoms with Crippen molar-refractivity contribution in [3.63, 3.8) is 0 Å². The summed E-state index contributed by atoms with van der Waals surface area (Å²) in [6, 6.07) is 9.10. The van der Waals surface area contributed by atoms with E-state index < -0.39 is 28.9 Å². The van der Waals surface area contributed by atoms with Gasteiger partial charge in [0.25, 0.3) is 5.91 Å². The first-order valence-corrected chi connectivity index (χ1v) is 8.77. The topological polar surface area (TPSA) is 67.4 Å². The normalized spacial score (nSPS) is 10.4. The zero-order valence-corrected chi connectivity index (χ0v) is 15.4. The van der Waals surface area contributed by atoms with Crippen LogP contribution >= 0.6 is 0 Å². The van der Waals surface area contributed by atoms with Gasteiger partial charge in [-0.3, -0.25) is 9.59 Å². The van der Waals surface area contributed by atoms with Crippen LogP contribution in [0.2, 0.25) is 0 Å². The molecular weight excluding hydrogens is 373 g/mol. The lowest BCUT2D eigenvalue weighted by atomic mass is 10.2. The smallest absolute Gasteiger partial charge is 0.254 e. The third-order valence-electron chi connectivity index (χ3n) is 3.91. The highest BCUT2D eigenvalue weighted by Gasteiger charge is 2.18. The summed E-state index contributed by atoms with van der Waals surface area (Å²) in [6.45, 7) is 2.46. The van der Waals surface area contributed by atoms with Crippen molar-refractivity contribution in [1.29, 1.82) is 0 Å². The molecular formula is C20H21F3N2O3. The summed E-state index contributed by atoms with van der Waals surface area (Å²) < 4.78 is 45.1. The van der Waals surface area contributed by atoms with E-state index in [1.807, 2.05) is 31.2 Å². The molecule has 0 aliphatic heterocycles. The van der Waals surface area contributed by atoms with Gasteiger partial charge in [0.15, 0.2) is 17.5 Å². The van der Waals surface area contributed by atoms with Crippen molar-refractivity contribution in [2.45, 2.75) is 19.8 Å². The van der Waals surface area contributed by atoms with Crippen LogP contribution in [0, 0.1) is 24.4 Å². The average molecular weight is 394 g/mol. The third-order valence-corrected chi connectivity index (χ3v) is 3.91. The van der Waals surface area contributed by atoms with E-state index in [1.165, 1.54) is 0 Å². The number of hydrogen-bond donors (Lipinski definition) is 2. The summed E-state index contributed by atoms with van der Waals surface area (Å²) in [6.07, 6.45) is 0.768.